The van der Waals surface area contributed by atoms with Crippen molar-refractivity contribution >= 4 is 34.7 Å². The molecule has 0 N–H and O–H groups in total. The smallest absolute Gasteiger partial charge is 0.268 e. The molecule has 0 spiro atoms. The number of carbonyl (C=O) groups excluding carboxylic acids is 2. The summed E-state index contributed by atoms with van der Waals surface area (Å²) in [6.45, 7) is 7.76. The van der Waals surface area contributed by atoms with E-state index in [0.717, 1.165) is 22.3 Å². The second kappa shape index (κ2) is 5.91. The summed E-state index contributed by atoms with van der Waals surface area (Å²) in [5.74, 6) is -0.842. The number of amides is 2. The van der Waals surface area contributed by atoms with Crippen LogP contribution in [-0.4, -0.2) is 11.8 Å². The molecule has 0 fully saturated rings. The van der Waals surface area contributed by atoms with Gasteiger partial charge in [-0.05, 0) is 61.6 Å². The highest BCUT2D eigenvalue weighted by Crippen LogP contribution is 2.36. The second-order valence-electron chi connectivity index (χ2n) is 6.22. The summed E-state index contributed by atoms with van der Waals surface area (Å²) in [6.07, 6.45) is 0. The standard InChI is InChI=1S/C20H18ClNO2/c1-11-5-6-13(3)16(9-11)22-19(23)17(18(21)20(22)24)15-8-7-12(2)14(4)10-15/h5-10H,1-4H3. The molecule has 24 heavy (non-hydrogen) atoms. The molecule has 0 aliphatic carbocycles. The van der Waals surface area contributed by atoms with Crippen molar-refractivity contribution in [3.05, 3.63) is 69.2 Å². The van der Waals surface area contributed by atoms with E-state index in [0.29, 0.717) is 11.3 Å². The molecule has 0 atom stereocenters. The van der Waals surface area contributed by atoms with Crippen LogP contribution in [0.1, 0.15) is 27.8 Å². The lowest BCUT2D eigenvalue weighted by Crippen LogP contribution is -2.31. The number of halogens is 1. The molecule has 1 aliphatic rings. The highest BCUT2D eigenvalue weighted by Gasteiger charge is 2.39. The van der Waals surface area contributed by atoms with Crippen molar-refractivity contribution in [2.75, 3.05) is 4.90 Å². The lowest BCUT2D eigenvalue weighted by Gasteiger charge is -2.18. The summed E-state index contributed by atoms with van der Waals surface area (Å²) >= 11 is 6.25. The topological polar surface area (TPSA) is 37.4 Å². The number of nitrogens with zero attached hydrogens (tertiary/aromatic N) is 1. The number of carbonyl (C=O) groups is 2. The summed E-state index contributed by atoms with van der Waals surface area (Å²) in [5, 5.41) is -0.0239. The van der Waals surface area contributed by atoms with E-state index in [9.17, 15) is 9.59 Å². The molecule has 1 aliphatic heterocycles. The third kappa shape index (κ3) is 2.55. The van der Waals surface area contributed by atoms with Crippen molar-refractivity contribution in [2.24, 2.45) is 0 Å². The predicted octanol–water partition coefficient (Wildman–Crippen LogP) is 4.44. The van der Waals surface area contributed by atoms with Crippen molar-refractivity contribution in [1.82, 2.24) is 0 Å². The van der Waals surface area contributed by atoms with E-state index in [-0.39, 0.29) is 16.5 Å². The zero-order chi connectivity index (χ0) is 17.6. The van der Waals surface area contributed by atoms with E-state index in [1.54, 1.807) is 0 Å². The number of aryl methyl sites for hydroxylation is 4. The van der Waals surface area contributed by atoms with Crippen LogP contribution in [0.2, 0.25) is 0 Å². The van der Waals surface area contributed by atoms with Gasteiger partial charge < -0.3 is 0 Å². The lowest BCUT2D eigenvalue weighted by atomic mass is 10.0. The molecule has 3 nitrogen and oxygen atoms in total. The van der Waals surface area contributed by atoms with Gasteiger partial charge in [-0.15, -0.1) is 0 Å². The molecule has 0 unspecified atom stereocenters. The molecule has 2 aromatic carbocycles. The maximum Gasteiger partial charge on any atom is 0.277 e. The first-order valence-corrected chi connectivity index (χ1v) is 8.12. The van der Waals surface area contributed by atoms with Gasteiger partial charge in [0, 0.05) is 0 Å². The first-order chi connectivity index (χ1) is 11.3. The Morgan fingerprint density at radius 3 is 2.12 bits per heavy atom. The number of rotatable bonds is 2. The van der Waals surface area contributed by atoms with Gasteiger partial charge in [0.05, 0.1) is 11.3 Å². The van der Waals surface area contributed by atoms with Crippen LogP contribution in [0.5, 0.6) is 0 Å². The van der Waals surface area contributed by atoms with Crippen LogP contribution in [0.4, 0.5) is 5.69 Å². The highest BCUT2D eigenvalue weighted by molar-refractivity contribution is 6.60. The largest absolute Gasteiger partial charge is 0.277 e. The lowest BCUT2D eigenvalue weighted by molar-refractivity contribution is -0.119. The fourth-order valence-electron chi connectivity index (χ4n) is 2.83. The summed E-state index contributed by atoms with van der Waals surface area (Å²) in [4.78, 5) is 26.8. The molecule has 0 aromatic heterocycles. The molecule has 122 valence electrons. The van der Waals surface area contributed by atoms with Gasteiger partial charge in [-0.3, -0.25) is 9.59 Å². The van der Waals surface area contributed by atoms with E-state index < -0.39 is 5.91 Å². The molecule has 0 bridgehead atoms. The van der Waals surface area contributed by atoms with Crippen LogP contribution in [0.15, 0.2) is 41.4 Å². The summed E-state index contributed by atoms with van der Waals surface area (Å²) in [7, 11) is 0. The highest BCUT2D eigenvalue weighted by atomic mass is 35.5. The minimum Gasteiger partial charge on any atom is -0.268 e. The average molecular weight is 340 g/mol. The predicted molar refractivity (Wildman–Crippen MR) is 97.1 cm³/mol. The molecule has 3 rings (SSSR count). The Hall–Kier alpha value is -2.39. The van der Waals surface area contributed by atoms with Gasteiger partial charge in [0.25, 0.3) is 11.8 Å². The van der Waals surface area contributed by atoms with Gasteiger partial charge in [0.1, 0.15) is 5.03 Å². The SMILES string of the molecule is Cc1ccc(C)c(N2C(=O)C(Cl)=C(c3ccc(C)c(C)c3)C2=O)c1. The maximum absolute atomic E-state index is 12.9. The summed E-state index contributed by atoms with van der Waals surface area (Å²) in [6, 6.07) is 11.3. The van der Waals surface area contributed by atoms with E-state index >= 15 is 0 Å². The van der Waals surface area contributed by atoms with Gasteiger partial charge >= 0.3 is 0 Å². The Kier molecular flexibility index (Phi) is 4.06. The molecule has 0 saturated carbocycles. The molecule has 1 heterocycles. The van der Waals surface area contributed by atoms with Crippen LogP contribution >= 0.6 is 11.6 Å². The minimum absolute atomic E-state index is 0.0239. The normalized spacial score (nSPS) is 14.8. The van der Waals surface area contributed by atoms with Gasteiger partial charge in [0.15, 0.2) is 0 Å². The minimum atomic E-state index is -0.469. The van der Waals surface area contributed by atoms with E-state index in [1.165, 1.54) is 4.90 Å². The maximum atomic E-state index is 12.9. The number of hydrogen-bond donors (Lipinski definition) is 0. The van der Waals surface area contributed by atoms with Crippen molar-refractivity contribution in [1.29, 1.82) is 0 Å². The Bertz CT molecular complexity index is 912. The van der Waals surface area contributed by atoms with E-state index in [2.05, 4.69) is 0 Å². The van der Waals surface area contributed by atoms with Gasteiger partial charge in [-0.1, -0.05) is 41.9 Å². The number of anilines is 1. The molecule has 4 heteroatoms. The molecular weight excluding hydrogens is 322 g/mol. The Balaban J connectivity index is 2.11. The number of hydrogen-bond acceptors (Lipinski definition) is 2. The number of imide groups is 1. The fourth-order valence-corrected chi connectivity index (χ4v) is 3.10. The fraction of sp³-hybridized carbons (Fsp3) is 0.200. The van der Waals surface area contributed by atoms with E-state index in [4.69, 9.17) is 11.6 Å². The van der Waals surface area contributed by atoms with E-state index in [1.807, 2.05) is 64.1 Å². The van der Waals surface area contributed by atoms with Crippen LogP contribution in [0, 0.1) is 27.7 Å². The van der Waals surface area contributed by atoms with Crippen LogP contribution in [0.25, 0.3) is 5.57 Å². The third-order valence-corrected chi connectivity index (χ3v) is 4.78. The third-order valence-electron chi connectivity index (χ3n) is 4.43. The average Bonchev–Trinajstić information content (AvgIpc) is 2.75. The Labute approximate surface area is 146 Å². The van der Waals surface area contributed by atoms with Crippen molar-refractivity contribution in [2.45, 2.75) is 27.7 Å². The first-order valence-electron chi connectivity index (χ1n) is 7.74. The quantitative estimate of drug-likeness (QED) is 0.758. The molecule has 0 radical (unpaired) electrons. The Morgan fingerprint density at radius 1 is 0.792 bits per heavy atom. The molecule has 0 saturated heterocycles. The zero-order valence-electron chi connectivity index (χ0n) is 14.1. The van der Waals surface area contributed by atoms with Gasteiger partial charge in [-0.2, -0.15) is 0 Å². The van der Waals surface area contributed by atoms with Crippen LogP contribution in [-0.2, 0) is 9.59 Å². The monoisotopic (exact) mass is 339 g/mol. The second-order valence-corrected chi connectivity index (χ2v) is 6.60. The Morgan fingerprint density at radius 2 is 1.46 bits per heavy atom. The number of benzene rings is 2. The van der Waals surface area contributed by atoms with Crippen molar-refractivity contribution in [3.8, 4) is 0 Å². The molecule has 2 amide bonds. The van der Waals surface area contributed by atoms with Crippen LogP contribution in [0.3, 0.4) is 0 Å². The molecule has 2 aromatic rings. The van der Waals surface area contributed by atoms with Crippen molar-refractivity contribution in [3.63, 3.8) is 0 Å². The van der Waals surface area contributed by atoms with Gasteiger partial charge in [0.2, 0.25) is 0 Å². The summed E-state index contributed by atoms with van der Waals surface area (Å²) < 4.78 is 0. The molecular formula is C20H18ClNO2. The van der Waals surface area contributed by atoms with Crippen LogP contribution < -0.4 is 4.90 Å². The van der Waals surface area contributed by atoms with Crippen molar-refractivity contribution < 1.29 is 9.59 Å². The zero-order valence-corrected chi connectivity index (χ0v) is 14.9. The summed E-state index contributed by atoms with van der Waals surface area (Å²) in [5.41, 5.74) is 5.54. The first kappa shape index (κ1) is 16.5. The van der Waals surface area contributed by atoms with Gasteiger partial charge in [-0.25, -0.2) is 4.90 Å².